The first-order chi connectivity index (χ1) is 13.5. The SMILES string of the molecule is Cc1cc(C)c2sc(N(CCN3CCOCC3)C(=O)c3ccn(C)n3)nc2c1.Cl. The van der Waals surface area contributed by atoms with E-state index < -0.39 is 0 Å². The second-order valence-electron chi connectivity index (χ2n) is 7.21. The molecule has 0 radical (unpaired) electrons. The van der Waals surface area contributed by atoms with Crippen molar-refractivity contribution in [2.24, 2.45) is 7.05 Å². The number of hydrogen-bond donors (Lipinski definition) is 0. The lowest BCUT2D eigenvalue weighted by Crippen LogP contribution is -2.43. The molecule has 0 atom stereocenters. The molecule has 29 heavy (non-hydrogen) atoms. The Balaban J connectivity index is 0.00000240. The molecule has 1 amide bonds. The Hall–Kier alpha value is -2.00. The Labute approximate surface area is 180 Å². The molecule has 1 aromatic carbocycles. The second-order valence-corrected chi connectivity index (χ2v) is 8.19. The molecule has 0 unspecified atom stereocenters. The topological polar surface area (TPSA) is 63.5 Å². The maximum absolute atomic E-state index is 13.2. The van der Waals surface area contributed by atoms with Gasteiger partial charge in [-0.2, -0.15) is 5.10 Å². The molecule has 0 spiro atoms. The van der Waals surface area contributed by atoms with Gasteiger partial charge in [0.05, 0.1) is 23.4 Å². The van der Waals surface area contributed by atoms with Crippen LogP contribution in [0.15, 0.2) is 24.4 Å². The molecule has 156 valence electrons. The minimum atomic E-state index is -0.109. The maximum atomic E-state index is 13.2. The molecule has 1 aliphatic heterocycles. The average molecular weight is 436 g/mol. The fourth-order valence-corrected chi connectivity index (χ4v) is 4.54. The summed E-state index contributed by atoms with van der Waals surface area (Å²) in [6.07, 6.45) is 1.79. The quantitative estimate of drug-likeness (QED) is 0.616. The Morgan fingerprint density at radius 3 is 2.72 bits per heavy atom. The number of aromatic nitrogens is 3. The van der Waals surface area contributed by atoms with Gasteiger partial charge in [-0.15, -0.1) is 12.4 Å². The van der Waals surface area contributed by atoms with E-state index in [1.165, 1.54) is 11.1 Å². The van der Waals surface area contributed by atoms with Crippen molar-refractivity contribution in [2.75, 3.05) is 44.3 Å². The largest absolute Gasteiger partial charge is 0.379 e. The van der Waals surface area contributed by atoms with Crippen LogP contribution in [0.4, 0.5) is 5.13 Å². The number of carbonyl (C=O) groups is 1. The van der Waals surface area contributed by atoms with E-state index in [1.54, 1.807) is 33.2 Å². The summed E-state index contributed by atoms with van der Waals surface area (Å²) in [5.74, 6) is -0.109. The number of fused-ring (bicyclic) bond motifs is 1. The van der Waals surface area contributed by atoms with Gasteiger partial charge in [-0.25, -0.2) is 4.98 Å². The molecule has 0 N–H and O–H groups in total. The van der Waals surface area contributed by atoms with Gasteiger partial charge in [0.2, 0.25) is 0 Å². The van der Waals surface area contributed by atoms with E-state index in [0.717, 1.165) is 48.2 Å². The molecule has 9 heteroatoms. The van der Waals surface area contributed by atoms with Crippen LogP contribution >= 0.6 is 23.7 Å². The monoisotopic (exact) mass is 435 g/mol. The normalized spacial score (nSPS) is 14.7. The van der Waals surface area contributed by atoms with Gasteiger partial charge in [0, 0.05) is 39.4 Å². The zero-order valence-corrected chi connectivity index (χ0v) is 18.6. The van der Waals surface area contributed by atoms with Crippen LogP contribution in [0.5, 0.6) is 0 Å². The fraction of sp³-hybridized carbons (Fsp3) is 0.450. The first kappa shape index (κ1) is 21.7. The number of anilines is 1. The minimum absolute atomic E-state index is 0. The number of nitrogens with zero attached hydrogens (tertiary/aromatic N) is 5. The number of hydrogen-bond acceptors (Lipinski definition) is 6. The Morgan fingerprint density at radius 2 is 2.03 bits per heavy atom. The van der Waals surface area contributed by atoms with Gasteiger partial charge in [-0.3, -0.25) is 19.3 Å². The fourth-order valence-electron chi connectivity index (χ4n) is 3.50. The van der Waals surface area contributed by atoms with Crippen LogP contribution in [-0.4, -0.2) is 65.0 Å². The summed E-state index contributed by atoms with van der Waals surface area (Å²) in [7, 11) is 1.82. The smallest absolute Gasteiger partial charge is 0.280 e. The molecule has 3 heterocycles. The lowest BCUT2D eigenvalue weighted by molar-refractivity contribution is 0.0391. The average Bonchev–Trinajstić information content (AvgIpc) is 3.29. The van der Waals surface area contributed by atoms with Crippen molar-refractivity contribution in [3.8, 4) is 0 Å². The number of thiazole rings is 1. The summed E-state index contributed by atoms with van der Waals surface area (Å²) >= 11 is 1.57. The van der Waals surface area contributed by atoms with Crippen molar-refractivity contribution in [2.45, 2.75) is 13.8 Å². The second kappa shape index (κ2) is 9.21. The van der Waals surface area contributed by atoms with Crippen molar-refractivity contribution in [3.63, 3.8) is 0 Å². The third kappa shape index (κ3) is 4.78. The highest BCUT2D eigenvalue weighted by atomic mass is 35.5. The summed E-state index contributed by atoms with van der Waals surface area (Å²) in [6.45, 7) is 8.80. The van der Waals surface area contributed by atoms with Crippen LogP contribution in [-0.2, 0) is 11.8 Å². The standard InChI is InChI=1S/C20H25N5O2S.ClH/c1-14-12-15(2)18-17(13-14)21-20(28-18)25(7-6-24-8-10-27-11-9-24)19(26)16-4-5-23(3)22-16;/h4-5,12-13H,6-11H2,1-3H3;1H. The molecular formula is C20H26ClN5O2S. The number of carbonyl (C=O) groups excluding carboxylic acids is 1. The van der Waals surface area contributed by atoms with Crippen LogP contribution in [0.25, 0.3) is 10.2 Å². The molecule has 1 saturated heterocycles. The molecule has 1 aliphatic rings. The predicted octanol–water partition coefficient (Wildman–Crippen LogP) is 3.05. The van der Waals surface area contributed by atoms with E-state index in [9.17, 15) is 4.79 Å². The number of benzene rings is 1. The minimum Gasteiger partial charge on any atom is -0.379 e. The summed E-state index contributed by atoms with van der Waals surface area (Å²) in [5.41, 5.74) is 3.76. The van der Waals surface area contributed by atoms with E-state index in [1.807, 2.05) is 7.05 Å². The lowest BCUT2D eigenvalue weighted by atomic mass is 10.1. The molecule has 0 saturated carbocycles. The van der Waals surface area contributed by atoms with Gasteiger partial charge in [-0.05, 0) is 37.1 Å². The van der Waals surface area contributed by atoms with E-state index >= 15 is 0 Å². The van der Waals surface area contributed by atoms with Crippen molar-refractivity contribution in [1.29, 1.82) is 0 Å². The van der Waals surface area contributed by atoms with Crippen molar-refractivity contribution in [1.82, 2.24) is 19.7 Å². The molecule has 1 fully saturated rings. The van der Waals surface area contributed by atoms with Crippen LogP contribution < -0.4 is 4.90 Å². The highest BCUT2D eigenvalue weighted by Gasteiger charge is 2.24. The zero-order valence-electron chi connectivity index (χ0n) is 16.9. The van der Waals surface area contributed by atoms with E-state index in [-0.39, 0.29) is 18.3 Å². The van der Waals surface area contributed by atoms with Gasteiger partial charge in [0.15, 0.2) is 10.8 Å². The van der Waals surface area contributed by atoms with E-state index in [0.29, 0.717) is 12.2 Å². The van der Waals surface area contributed by atoms with Gasteiger partial charge in [0.1, 0.15) is 0 Å². The molecule has 7 nitrogen and oxygen atoms in total. The van der Waals surface area contributed by atoms with Gasteiger partial charge >= 0.3 is 0 Å². The third-order valence-electron chi connectivity index (χ3n) is 4.96. The molecule has 2 aromatic heterocycles. The van der Waals surface area contributed by atoms with Crippen LogP contribution in [0, 0.1) is 13.8 Å². The number of rotatable bonds is 5. The van der Waals surface area contributed by atoms with Crippen molar-refractivity contribution < 1.29 is 9.53 Å². The molecule has 0 aliphatic carbocycles. The number of morpholine rings is 1. The highest BCUT2D eigenvalue weighted by Crippen LogP contribution is 2.32. The van der Waals surface area contributed by atoms with E-state index in [2.05, 4.69) is 36.0 Å². The first-order valence-corrected chi connectivity index (χ1v) is 10.3. The molecular weight excluding hydrogens is 410 g/mol. The third-order valence-corrected chi connectivity index (χ3v) is 6.19. The maximum Gasteiger partial charge on any atom is 0.280 e. The lowest BCUT2D eigenvalue weighted by Gasteiger charge is -2.29. The number of ether oxygens (including phenoxy) is 1. The van der Waals surface area contributed by atoms with Gasteiger partial charge in [0.25, 0.3) is 5.91 Å². The Morgan fingerprint density at radius 1 is 1.28 bits per heavy atom. The Bertz CT molecular complexity index is 996. The molecule has 3 aromatic rings. The van der Waals surface area contributed by atoms with E-state index in [4.69, 9.17) is 9.72 Å². The van der Waals surface area contributed by atoms with Crippen molar-refractivity contribution in [3.05, 3.63) is 41.2 Å². The molecule has 4 rings (SSSR count). The first-order valence-electron chi connectivity index (χ1n) is 9.50. The highest BCUT2D eigenvalue weighted by molar-refractivity contribution is 7.22. The van der Waals surface area contributed by atoms with Crippen LogP contribution in [0.3, 0.4) is 0 Å². The predicted molar refractivity (Wildman–Crippen MR) is 118 cm³/mol. The van der Waals surface area contributed by atoms with Gasteiger partial charge in [-0.1, -0.05) is 17.4 Å². The summed E-state index contributed by atoms with van der Waals surface area (Å²) in [4.78, 5) is 22.1. The molecule has 0 bridgehead atoms. The van der Waals surface area contributed by atoms with Gasteiger partial charge < -0.3 is 4.74 Å². The number of amides is 1. The van der Waals surface area contributed by atoms with Crippen LogP contribution in [0.1, 0.15) is 21.6 Å². The number of aryl methyl sites for hydroxylation is 3. The number of halogens is 1. The summed E-state index contributed by atoms with van der Waals surface area (Å²) < 4.78 is 8.21. The zero-order chi connectivity index (χ0) is 19.7. The summed E-state index contributed by atoms with van der Waals surface area (Å²) in [5, 5.41) is 5.04. The van der Waals surface area contributed by atoms with Crippen molar-refractivity contribution >= 4 is 45.0 Å². The van der Waals surface area contributed by atoms with Crippen LogP contribution in [0.2, 0.25) is 0 Å². The summed E-state index contributed by atoms with van der Waals surface area (Å²) in [6, 6.07) is 5.99. The Kier molecular flexibility index (Phi) is 6.89.